The standard InChI is InChI=1S/C11H23NO3/c1-9(2)8-10(13)6-4-5-7-11(14)15-12-3/h9-10,12-13H,4-8H2,1-3H3. The van der Waals surface area contributed by atoms with Crippen LogP contribution in [0.5, 0.6) is 0 Å². The average molecular weight is 217 g/mol. The molecule has 0 heterocycles. The van der Waals surface area contributed by atoms with Gasteiger partial charge >= 0.3 is 5.97 Å². The van der Waals surface area contributed by atoms with Crippen LogP contribution in [-0.2, 0) is 9.63 Å². The highest BCUT2D eigenvalue weighted by Gasteiger charge is 2.07. The van der Waals surface area contributed by atoms with Crippen molar-refractivity contribution in [3.63, 3.8) is 0 Å². The summed E-state index contributed by atoms with van der Waals surface area (Å²) in [6.07, 6.45) is 3.43. The molecule has 90 valence electrons. The summed E-state index contributed by atoms with van der Waals surface area (Å²) < 4.78 is 0. The fourth-order valence-electron chi connectivity index (χ4n) is 1.48. The second kappa shape index (κ2) is 8.68. The quantitative estimate of drug-likeness (QED) is 0.479. The molecule has 0 aromatic heterocycles. The first-order valence-electron chi connectivity index (χ1n) is 5.60. The summed E-state index contributed by atoms with van der Waals surface area (Å²) in [5.74, 6) is 0.283. The van der Waals surface area contributed by atoms with Crippen molar-refractivity contribution < 1.29 is 14.7 Å². The minimum atomic E-state index is -0.240. The van der Waals surface area contributed by atoms with Crippen LogP contribution >= 0.6 is 0 Å². The molecule has 0 aliphatic heterocycles. The predicted molar refractivity (Wildman–Crippen MR) is 59.1 cm³/mol. The number of hydrogen-bond acceptors (Lipinski definition) is 4. The lowest BCUT2D eigenvalue weighted by Gasteiger charge is -2.12. The molecule has 0 aromatic carbocycles. The molecule has 0 bridgehead atoms. The van der Waals surface area contributed by atoms with Gasteiger partial charge in [0.1, 0.15) is 0 Å². The molecule has 0 aliphatic carbocycles. The number of aliphatic hydroxyl groups is 1. The van der Waals surface area contributed by atoms with Gasteiger partial charge in [0.25, 0.3) is 0 Å². The van der Waals surface area contributed by atoms with Crippen LogP contribution in [0, 0.1) is 5.92 Å². The third kappa shape index (κ3) is 9.69. The molecule has 0 rings (SSSR count). The smallest absolute Gasteiger partial charge is 0.324 e. The molecule has 4 heteroatoms. The zero-order valence-corrected chi connectivity index (χ0v) is 9.95. The Balaban J connectivity index is 3.34. The Hall–Kier alpha value is -0.610. The fourth-order valence-corrected chi connectivity index (χ4v) is 1.48. The lowest BCUT2D eigenvalue weighted by Crippen LogP contribution is -2.15. The maximum Gasteiger partial charge on any atom is 0.324 e. The molecule has 0 aromatic rings. The summed E-state index contributed by atoms with van der Waals surface area (Å²) >= 11 is 0. The van der Waals surface area contributed by atoms with Gasteiger partial charge in [-0.2, -0.15) is 5.48 Å². The van der Waals surface area contributed by atoms with Gasteiger partial charge in [-0.3, -0.25) is 4.79 Å². The predicted octanol–water partition coefficient (Wildman–Crippen LogP) is 1.63. The first-order chi connectivity index (χ1) is 7.06. The molecule has 15 heavy (non-hydrogen) atoms. The first kappa shape index (κ1) is 14.4. The number of nitrogens with one attached hydrogen (secondary N) is 1. The van der Waals surface area contributed by atoms with Crippen molar-refractivity contribution in [1.82, 2.24) is 5.48 Å². The maximum atomic E-state index is 10.9. The highest BCUT2D eigenvalue weighted by Crippen LogP contribution is 2.11. The summed E-state index contributed by atoms with van der Waals surface area (Å²) in [6, 6.07) is 0. The van der Waals surface area contributed by atoms with Crippen molar-refractivity contribution in [2.45, 2.75) is 52.1 Å². The van der Waals surface area contributed by atoms with E-state index in [1.54, 1.807) is 7.05 Å². The van der Waals surface area contributed by atoms with Crippen LogP contribution in [0.2, 0.25) is 0 Å². The van der Waals surface area contributed by atoms with Gasteiger partial charge in [0.15, 0.2) is 0 Å². The second-order valence-electron chi connectivity index (χ2n) is 4.21. The van der Waals surface area contributed by atoms with E-state index in [0.717, 1.165) is 25.7 Å². The van der Waals surface area contributed by atoms with Gasteiger partial charge in [-0.05, 0) is 25.2 Å². The molecule has 0 amide bonds. The van der Waals surface area contributed by atoms with Gasteiger partial charge in [0.05, 0.1) is 6.10 Å². The molecule has 0 saturated heterocycles. The minimum Gasteiger partial charge on any atom is -0.393 e. The summed E-state index contributed by atoms with van der Waals surface area (Å²) in [7, 11) is 1.56. The van der Waals surface area contributed by atoms with E-state index in [9.17, 15) is 9.90 Å². The number of rotatable bonds is 8. The molecule has 4 nitrogen and oxygen atoms in total. The Kier molecular flexibility index (Phi) is 8.33. The van der Waals surface area contributed by atoms with E-state index in [-0.39, 0.29) is 12.1 Å². The van der Waals surface area contributed by atoms with Gasteiger partial charge in [-0.1, -0.05) is 20.3 Å². The molecule has 0 fully saturated rings. The van der Waals surface area contributed by atoms with Crippen molar-refractivity contribution in [3.8, 4) is 0 Å². The molecule has 0 radical (unpaired) electrons. The van der Waals surface area contributed by atoms with E-state index in [1.165, 1.54) is 0 Å². The molecule has 2 N–H and O–H groups in total. The van der Waals surface area contributed by atoms with Crippen molar-refractivity contribution in [1.29, 1.82) is 0 Å². The number of hydroxylamine groups is 1. The zero-order valence-electron chi connectivity index (χ0n) is 9.95. The Morgan fingerprint density at radius 3 is 2.60 bits per heavy atom. The largest absolute Gasteiger partial charge is 0.393 e. The molecular formula is C11H23NO3. The van der Waals surface area contributed by atoms with Crippen molar-refractivity contribution in [2.24, 2.45) is 5.92 Å². The van der Waals surface area contributed by atoms with Gasteiger partial charge in [0, 0.05) is 13.5 Å². The number of hydrogen-bond donors (Lipinski definition) is 2. The first-order valence-corrected chi connectivity index (χ1v) is 5.60. The van der Waals surface area contributed by atoms with Gasteiger partial charge in [-0.15, -0.1) is 0 Å². The average Bonchev–Trinajstić information content (AvgIpc) is 2.12. The van der Waals surface area contributed by atoms with Gasteiger partial charge < -0.3 is 9.94 Å². The van der Waals surface area contributed by atoms with Crippen LogP contribution in [0.1, 0.15) is 46.0 Å². The van der Waals surface area contributed by atoms with Crippen LogP contribution < -0.4 is 5.48 Å². The minimum absolute atomic E-state index is 0.231. The number of carbonyl (C=O) groups excluding carboxylic acids is 1. The van der Waals surface area contributed by atoms with E-state index in [4.69, 9.17) is 0 Å². The Morgan fingerprint density at radius 2 is 2.07 bits per heavy atom. The van der Waals surface area contributed by atoms with Gasteiger partial charge in [-0.25, -0.2) is 0 Å². The Morgan fingerprint density at radius 1 is 1.40 bits per heavy atom. The summed E-state index contributed by atoms with van der Waals surface area (Å²) in [5, 5.41) is 9.56. The van der Waals surface area contributed by atoms with Crippen LogP contribution in [0.4, 0.5) is 0 Å². The fraction of sp³-hybridized carbons (Fsp3) is 0.909. The maximum absolute atomic E-state index is 10.9. The summed E-state index contributed by atoms with van der Waals surface area (Å²) in [5.41, 5.74) is 2.34. The topological polar surface area (TPSA) is 58.6 Å². The second-order valence-corrected chi connectivity index (χ2v) is 4.21. The Bertz CT molecular complexity index is 171. The van der Waals surface area contributed by atoms with Crippen LogP contribution in [0.3, 0.4) is 0 Å². The third-order valence-corrected chi connectivity index (χ3v) is 2.13. The summed E-state index contributed by atoms with van der Waals surface area (Å²) in [6.45, 7) is 4.18. The molecule has 0 spiro atoms. The van der Waals surface area contributed by atoms with Crippen molar-refractivity contribution in [2.75, 3.05) is 7.05 Å². The highest BCUT2D eigenvalue weighted by molar-refractivity contribution is 5.68. The number of carbonyl (C=O) groups is 1. The number of unbranched alkanes of at least 4 members (excludes halogenated alkanes) is 1. The van der Waals surface area contributed by atoms with Gasteiger partial charge in [0.2, 0.25) is 0 Å². The lowest BCUT2D eigenvalue weighted by molar-refractivity contribution is -0.150. The third-order valence-electron chi connectivity index (χ3n) is 2.13. The van der Waals surface area contributed by atoms with Crippen molar-refractivity contribution >= 4 is 5.97 Å². The molecule has 0 aliphatic rings. The number of aliphatic hydroxyl groups excluding tert-OH is 1. The van der Waals surface area contributed by atoms with E-state index in [0.29, 0.717) is 12.3 Å². The summed E-state index contributed by atoms with van der Waals surface area (Å²) in [4.78, 5) is 15.5. The molecule has 0 saturated carbocycles. The normalized spacial score (nSPS) is 12.9. The van der Waals surface area contributed by atoms with E-state index < -0.39 is 0 Å². The van der Waals surface area contributed by atoms with Crippen LogP contribution in [-0.4, -0.2) is 24.2 Å². The van der Waals surface area contributed by atoms with Crippen LogP contribution in [0.25, 0.3) is 0 Å². The highest BCUT2D eigenvalue weighted by atomic mass is 16.7. The molecule has 1 unspecified atom stereocenters. The van der Waals surface area contributed by atoms with E-state index in [2.05, 4.69) is 24.2 Å². The van der Waals surface area contributed by atoms with Crippen molar-refractivity contribution in [3.05, 3.63) is 0 Å². The zero-order chi connectivity index (χ0) is 11.7. The molecular weight excluding hydrogens is 194 g/mol. The SMILES string of the molecule is CNOC(=O)CCCCC(O)CC(C)C. The lowest BCUT2D eigenvalue weighted by atomic mass is 10.0. The Labute approximate surface area is 92.0 Å². The van der Waals surface area contributed by atoms with E-state index in [1.807, 2.05) is 0 Å². The monoisotopic (exact) mass is 217 g/mol. The van der Waals surface area contributed by atoms with Crippen LogP contribution in [0.15, 0.2) is 0 Å². The van der Waals surface area contributed by atoms with E-state index >= 15 is 0 Å². The molecule has 1 atom stereocenters.